The van der Waals surface area contributed by atoms with Gasteiger partial charge in [0.15, 0.2) is 0 Å². The fourth-order valence-corrected chi connectivity index (χ4v) is 1.50. The van der Waals surface area contributed by atoms with Crippen molar-refractivity contribution in [2.75, 3.05) is 6.61 Å². The molecule has 1 rings (SSSR count). The lowest BCUT2D eigenvalue weighted by molar-refractivity contribution is -0.394. The predicted molar refractivity (Wildman–Crippen MR) is 77.3 cm³/mol. The van der Waals surface area contributed by atoms with Crippen LogP contribution < -0.4 is 0 Å². The maximum Gasteiger partial charge on any atom is 0.338 e. The highest BCUT2D eigenvalue weighted by molar-refractivity contribution is 5.91. The number of hydrogen-bond acceptors (Lipinski definition) is 6. The van der Waals surface area contributed by atoms with Crippen molar-refractivity contribution >= 4 is 17.3 Å². The zero-order valence-corrected chi connectivity index (χ0v) is 11.9. The van der Waals surface area contributed by atoms with Crippen LogP contribution in [0.3, 0.4) is 0 Å². The molecule has 1 aromatic carbocycles. The van der Waals surface area contributed by atoms with Crippen LogP contribution in [0.1, 0.15) is 36.5 Å². The summed E-state index contributed by atoms with van der Waals surface area (Å²) in [6.07, 6.45) is 2.03. The third-order valence-electron chi connectivity index (χ3n) is 2.52. The van der Waals surface area contributed by atoms with Gasteiger partial charge in [0.2, 0.25) is 0 Å². The number of esters is 1. The van der Waals surface area contributed by atoms with Gasteiger partial charge in [-0.25, -0.2) is 4.79 Å². The number of nitrogens with zero attached hydrogens (tertiary/aromatic N) is 2. The Balaban J connectivity index is 2.78. The molecule has 0 fully saturated rings. The van der Waals surface area contributed by atoms with Crippen LogP contribution in [0.25, 0.3) is 0 Å². The van der Waals surface area contributed by atoms with Crippen molar-refractivity contribution in [2.24, 2.45) is 0 Å². The largest absolute Gasteiger partial charge is 0.461 e. The summed E-state index contributed by atoms with van der Waals surface area (Å²) in [5.74, 6) is 4.83. The molecule has 1 aromatic rings. The van der Waals surface area contributed by atoms with E-state index in [0.717, 1.165) is 31.0 Å². The number of unbranched alkanes of at least 4 members (excludes halogenated alkanes) is 1. The van der Waals surface area contributed by atoms with Gasteiger partial charge in [0.25, 0.3) is 11.4 Å². The first kappa shape index (κ1) is 17.1. The van der Waals surface area contributed by atoms with Gasteiger partial charge in [-0.15, -0.1) is 5.92 Å². The molecule has 8 heteroatoms. The van der Waals surface area contributed by atoms with Crippen LogP contribution in [0.15, 0.2) is 18.2 Å². The summed E-state index contributed by atoms with van der Waals surface area (Å²) in [4.78, 5) is 31.6. The molecule has 0 bridgehead atoms. The monoisotopic (exact) mass is 306 g/mol. The second-order valence-electron chi connectivity index (χ2n) is 4.24. The summed E-state index contributed by atoms with van der Waals surface area (Å²) in [5.41, 5.74) is -1.31. The Kier molecular flexibility index (Phi) is 6.50. The molecule has 0 aliphatic heterocycles. The minimum Gasteiger partial charge on any atom is -0.461 e. The Morgan fingerprint density at radius 1 is 1.09 bits per heavy atom. The van der Waals surface area contributed by atoms with Gasteiger partial charge in [-0.3, -0.25) is 20.2 Å². The number of hydrogen-bond donors (Lipinski definition) is 0. The van der Waals surface area contributed by atoms with Crippen LogP contribution in [0.5, 0.6) is 0 Å². The number of rotatable bonds is 6. The van der Waals surface area contributed by atoms with Crippen LogP contribution in [0.2, 0.25) is 0 Å². The maximum atomic E-state index is 11.8. The van der Waals surface area contributed by atoms with E-state index in [4.69, 9.17) is 4.74 Å². The number of nitro groups is 2. The standard InChI is InChI=1S/C14H14N2O6/c1-2-3-4-5-6-7-22-14(17)11-8-12(15(18)19)10-13(9-11)16(20)21/h8-10H,2-3,6-7H2,1H3. The Hall–Kier alpha value is -2.95. The summed E-state index contributed by atoms with van der Waals surface area (Å²) in [6, 6.07) is 2.67. The highest BCUT2D eigenvalue weighted by atomic mass is 16.6. The SMILES string of the molecule is CCCC#CCCOC(=O)c1cc([N+](=O)[O-])cc([N+](=O)[O-])c1. The molecule has 0 atom stereocenters. The Morgan fingerprint density at radius 3 is 2.14 bits per heavy atom. The topological polar surface area (TPSA) is 113 Å². The fourth-order valence-electron chi connectivity index (χ4n) is 1.50. The second-order valence-corrected chi connectivity index (χ2v) is 4.24. The van der Waals surface area contributed by atoms with E-state index >= 15 is 0 Å². The van der Waals surface area contributed by atoms with Crippen molar-refractivity contribution in [3.05, 3.63) is 44.0 Å². The number of nitro benzene ring substituents is 2. The number of ether oxygens (including phenoxy) is 1. The van der Waals surface area contributed by atoms with Gasteiger partial charge in [0.05, 0.1) is 21.5 Å². The second kappa shape index (κ2) is 8.36. The Morgan fingerprint density at radius 2 is 1.64 bits per heavy atom. The molecule has 0 heterocycles. The molecule has 22 heavy (non-hydrogen) atoms. The van der Waals surface area contributed by atoms with Crippen molar-refractivity contribution in [3.8, 4) is 11.8 Å². The Labute approximate surface area is 126 Å². The maximum absolute atomic E-state index is 11.8. The quantitative estimate of drug-likeness (QED) is 0.262. The molecule has 0 aromatic heterocycles. The summed E-state index contributed by atoms with van der Waals surface area (Å²) in [5, 5.41) is 21.4. The third-order valence-corrected chi connectivity index (χ3v) is 2.52. The molecule has 116 valence electrons. The van der Waals surface area contributed by atoms with E-state index in [2.05, 4.69) is 11.8 Å². The molecule has 0 aliphatic rings. The molecule has 0 amide bonds. The number of carbonyl (C=O) groups is 1. The molecule has 0 aliphatic carbocycles. The first-order valence-electron chi connectivity index (χ1n) is 6.52. The lowest BCUT2D eigenvalue weighted by atomic mass is 10.2. The molecular weight excluding hydrogens is 292 g/mol. The van der Waals surface area contributed by atoms with Gasteiger partial charge < -0.3 is 4.74 Å². The van der Waals surface area contributed by atoms with Crippen LogP contribution in [0, 0.1) is 32.1 Å². The molecule has 0 spiro atoms. The molecule has 0 saturated heterocycles. The summed E-state index contributed by atoms with van der Waals surface area (Å²) in [7, 11) is 0. The zero-order valence-electron chi connectivity index (χ0n) is 11.9. The van der Waals surface area contributed by atoms with Crippen molar-refractivity contribution in [2.45, 2.75) is 26.2 Å². The Bertz CT molecular complexity index is 612. The minimum absolute atomic E-state index is 0.0199. The fraction of sp³-hybridized carbons (Fsp3) is 0.357. The van der Waals surface area contributed by atoms with Gasteiger partial charge in [0, 0.05) is 25.0 Å². The molecular formula is C14H14N2O6. The van der Waals surface area contributed by atoms with Gasteiger partial charge >= 0.3 is 5.97 Å². The van der Waals surface area contributed by atoms with Crippen LogP contribution in [0.4, 0.5) is 11.4 Å². The number of benzene rings is 1. The van der Waals surface area contributed by atoms with E-state index in [1.807, 2.05) is 6.92 Å². The average Bonchev–Trinajstić information content (AvgIpc) is 2.49. The third kappa shape index (κ3) is 5.20. The van der Waals surface area contributed by atoms with E-state index in [1.165, 1.54) is 0 Å². The smallest absolute Gasteiger partial charge is 0.338 e. The van der Waals surface area contributed by atoms with E-state index in [-0.39, 0.29) is 12.2 Å². The average molecular weight is 306 g/mol. The lowest BCUT2D eigenvalue weighted by Crippen LogP contribution is -2.07. The van der Waals surface area contributed by atoms with Crippen molar-refractivity contribution in [1.82, 2.24) is 0 Å². The van der Waals surface area contributed by atoms with Crippen molar-refractivity contribution in [3.63, 3.8) is 0 Å². The van der Waals surface area contributed by atoms with Crippen LogP contribution >= 0.6 is 0 Å². The van der Waals surface area contributed by atoms with Crippen LogP contribution in [-0.2, 0) is 4.74 Å². The van der Waals surface area contributed by atoms with Crippen molar-refractivity contribution < 1.29 is 19.4 Å². The van der Waals surface area contributed by atoms with Gasteiger partial charge in [-0.05, 0) is 6.42 Å². The van der Waals surface area contributed by atoms with Crippen molar-refractivity contribution in [1.29, 1.82) is 0 Å². The number of carbonyl (C=O) groups excluding carboxylic acids is 1. The van der Waals surface area contributed by atoms with E-state index < -0.39 is 27.2 Å². The van der Waals surface area contributed by atoms with E-state index in [1.54, 1.807) is 0 Å². The van der Waals surface area contributed by atoms with Gasteiger partial charge in [0.1, 0.15) is 6.61 Å². The highest BCUT2D eigenvalue weighted by Gasteiger charge is 2.20. The first-order chi connectivity index (χ1) is 10.5. The zero-order chi connectivity index (χ0) is 16.5. The predicted octanol–water partition coefficient (Wildman–Crippen LogP) is 2.85. The minimum atomic E-state index is -0.857. The summed E-state index contributed by atoms with van der Waals surface area (Å²) in [6.45, 7) is 2.01. The molecule has 0 radical (unpaired) electrons. The molecule has 0 N–H and O–H groups in total. The highest BCUT2D eigenvalue weighted by Crippen LogP contribution is 2.23. The van der Waals surface area contributed by atoms with E-state index in [9.17, 15) is 25.0 Å². The summed E-state index contributed by atoms with van der Waals surface area (Å²) >= 11 is 0. The van der Waals surface area contributed by atoms with E-state index in [0.29, 0.717) is 6.42 Å². The molecule has 0 saturated carbocycles. The number of non-ortho nitro benzene ring substituents is 2. The molecule has 0 unspecified atom stereocenters. The van der Waals surface area contributed by atoms with Gasteiger partial charge in [-0.2, -0.15) is 0 Å². The summed E-state index contributed by atoms with van der Waals surface area (Å²) < 4.78 is 4.89. The van der Waals surface area contributed by atoms with Crippen LogP contribution in [-0.4, -0.2) is 22.4 Å². The first-order valence-corrected chi connectivity index (χ1v) is 6.52. The lowest BCUT2D eigenvalue weighted by Gasteiger charge is -2.03. The normalized spacial score (nSPS) is 9.50. The van der Waals surface area contributed by atoms with Gasteiger partial charge in [-0.1, -0.05) is 12.8 Å². The molecule has 8 nitrogen and oxygen atoms in total.